The fourth-order valence-corrected chi connectivity index (χ4v) is 1.68. The highest BCUT2D eigenvalue weighted by Gasteiger charge is 2.13. The summed E-state index contributed by atoms with van der Waals surface area (Å²) in [5, 5.41) is 0. The molecule has 0 saturated carbocycles. The van der Waals surface area contributed by atoms with Crippen molar-refractivity contribution < 1.29 is 0 Å². The third-order valence-corrected chi connectivity index (χ3v) is 2.43. The van der Waals surface area contributed by atoms with Crippen LogP contribution in [0.3, 0.4) is 0 Å². The molecule has 1 aliphatic rings. The lowest BCUT2D eigenvalue weighted by Crippen LogP contribution is -2.03. The monoisotopic (exact) mass is 200 g/mol. The molecule has 0 amide bonds. The summed E-state index contributed by atoms with van der Waals surface area (Å²) in [6.45, 7) is 8.57. The van der Waals surface area contributed by atoms with Crippen molar-refractivity contribution in [3.05, 3.63) is 59.8 Å². The molecule has 0 fully saturated rings. The van der Waals surface area contributed by atoms with Gasteiger partial charge in [0.05, 0.1) is 0 Å². The van der Waals surface area contributed by atoms with Crippen molar-refractivity contribution in [3.63, 3.8) is 0 Å². The van der Waals surface area contributed by atoms with Crippen LogP contribution in [0.5, 0.6) is 0 Å². The SMILES string of the molecule is C/C=C\C(=C/C)C1=CC(C)(C)C=CC=C1. The molecule has 1 rings (SSSR count). The number of hydrogen-bond donors (Lipinski definition) is 0. The number of allylic oxidation sites excluding steroid dienone is 10. The highest BCUT2D eigenvalue weighted by atomic mass is 14.2. The van der Waals surface area contributed by atoms with E-state index in [1.54, 1.807) is 0 Å². The minimum absolute atomic E-state index is 0.134. The van der Waals surface area contributed by atoms with E-state index >= 15 is 0 Å². The van der Waals surface area contributed by atoms with Crippen molar-refractivity contribution in [3.8, 4) is 0 Å². The average molecular weight is 200 g/mol. The molecule has 0 N–H and O–H groups in total. The van der Waals surface area contributed by atoms with Crippen molar-refractivity contribution >= 4 is 0 Å². The van der Waals surface area contributed by atoms with Gasteiger partial charge in [0.2, 0.25) is 0 Å². The standard InChI is InChI=1S/C15H20/c1-5-9-13(6-2)14-10-7-8-11-15(3,4)12-14/h5-12H,1-4H3/b9-5-,13-6+. The second-order valence-corrected chi connectivity index (χ2v) is 4.38. The largest absolute Gasteiger partial charge is 0.0871 e. The molecule has 0 spiro atoms. The molecule has 0 nitrogen and oxygen atoms in total. The third-order valence-electron chi connectivity index (χ3n) is 2.43. The highest BCUT2D eigenvalue weighted by Crippen LogP contribution is 2.27. The van der Waals surface area contributed by atoms with Gasteiger partial charge in [-0.05, 0) is 25.0 Å². The molecule has 0 saturated heterocycles. The summed E-state index contributed by atoms with van der Waals surface area (Å²) in [7, 11) is 0. The van der Waals surface area contributed by atoms with Crippen molar-refractivity contribution in [2.45, 2.75) is 27.7 Å². The maximum Gasteiger partial charge on any atom is 0.00167 e. The van der Waals surface area contributed by atoms with Crippen LogP contribution in [0.1, 0.15) is 27.7 Å². The van der Waals surface area contributed by atoms with Gasteiger partial charge in [-0.1, -0.05) is 62.5 Å². The van der Waals surface area contributed by atoms with Crippen LogP contribution in [0.2, 0.25) is 0 Å². The predicted molar refractivity (Wildman–Crippen MR) is 68.7 cm³/mol. The smallest absolute Gasteiger partial charge is 0.00167 e. The van der Waals surface area contributed by atoms with Gasteiger partial charge >= 0.3 is 0 Å². The van der Waals surface area contributed by atoms with E-state index in [9.17, 15) is 0 Å². The van der Waals surface area contributed by atoms with Crippen LogP contribution in [0.4, 0.5) is 0 Å². The second-order valence-electron chi connectivity index (χ2n) is 4.38. The Labute approximate surface area is 93.4 Å². The Morgan fingerprint density at radius 1 is 1.20 bits per heavy atom. The van der Waals surface area contributed by atoms with Gasteiger partial charge in [-0.2, -0.15) is 0 Å². The zero-order valence-corrected chi connectivity index (χ0v) is 10.1. The zero-order valence-electron chi connectivity index (χ0n) is 10.1. The molecule has 0 atom stereocenters. The van der Waals surface area contributed by atoms with Crippen LogP contribution in [0, 0.1) is 5.41 Å². The molecule has 0 unspecified atom stereocenters. The van der Waals surface area contributed by atoms with Crippen LogP contribution in [0.15, 0.2) is 59.8 Å². The molecular formula is C15H20. The lowest BCUT2D eigenvalue weighted by atomic mass is 9.89. The van der Waals surface area contributed by atoms with E-state index in [-0.39, 0.29) is 5.41 Å². The molecule has 0 aromatic rings. The van der Waals surface area contributed by atoms with E-state index in [1.807, 2.05) is 6.92 Å². The summed E-state index contributed by atoms with van der Waals surface area (Å²) in [6.07, 6.45) is 17.3. The van der Waals surface area contributed by atoms with Crippen LogP contribution >= 0.6 is 0 Å². The molecule has 0 aliphatic heterocycles. The molecule has 0 heteroatoms. The van der Waals surface area contributed by atoms with E-state index in [4.69, 9.17) is 0 Å². The normalized spacial score (nSPS) is 20.5. The summed E-state index contributed by atoms with van der Waals surface area (Å²) < 4.78 is 0. The topological polar surface area (TPSA) is 0 Å². The molecule has 0 bridgehead atoms. The lowest BCUT2D eigenvalue weighted by molar-refractivity contribution is 0.624. The van der Waals surface area contributed by atoms with Crippen LogP contribution in [-0.4, -0.2) is 0 Å². The van der Waals surface area contributed by atoms with Gasteiger partial charge in [-0.3, -0.25) is 0 Å². The van der Waals surface area contributed by atoms with Gasteiger partial charge in [-0.15, -0.1) is 0 Å². The van der Waals surface area contributed by atoms with Crippen LogP contribution < -0.4 is 0 Å². The Bertz CT molecular complexity index is 357. The van der Waals surface area contributed by atoms with Gasteiger partial charge in [0.1, 0.15) is 0 Å². The Hall–Kier alpha value is -1.30. The van der Waals surface area contributed by atoms with Gasteiger partial charge in [-0.25, -0.2) is 0 Å². The molecule has 0 radical (unpaired) electrons. The first-order valence-corrected chi connectivity index (χ1v) is 5.47. The van der Waals surface area contributed by atoms with Crippen molar-refractivity contribution in [2.75, 3.05) is 0 Å². The van der Waals surface area contributed by atoms with Crippen molar-refractivity contribution in [1.82, 2.24) is 0 Å². The fourth-order valence-electron chi connectivity index (χ4n) is 1.68. The van der Waals surface area contributed by atoms with Crippen LogP contribution in [0.25, 0.3) is 0 Å². The molecule has 0 aromatic heterocycles. The first-order chi connectivity index (χ1) is 7.09. The first kappa shape index (κ1) is 11.8. The van der Waals surface area contributed by atoms with Crippen LogP contribution in [-0.2, 0) is 0 Å². The van der Waals surface area contributed by atoms with E-state index in [2.05, 4.69) is 69.4 Å². The summed E-state index contributed by atoms with van der Waals surface area (Å²) in [4.78, 5) is 0. The first-order valence-electron chi connectivity index (χ1n) is 5.47. The fraction of sp³-hybridized carbons (Fsp3) is 0.333. The predicted octanol–water partition coefficient (Wildman–Crippen LogP) is 4.59. The summed E-state index contributed by atoms with van der Waals surface area (Å²) >= 11 is 0. The Morgan fingerprint density at radius 2 is 1.93 bits per heavy atom. The molecule has 1 aliphatic carbocycles. The zero-order chi connectivity index (χ0) is 11.3. The summed E-state index contributed by atoms with van der Waals surface area (Å²) in [5.74, 6) is 0. The average Bonchev–Trinajstić information content (AvgIpc) is 2.35. The van der Waals surface area contributed by atoms with Gasteiger partial charge < -0.3 is 0 Å². The molecular weight excluding hydrogens is 180 g/mol. The minimum Gasteiger partial charge on any atom is -0.0871 e. The summed E-state index contributed by atoms with van der Waals surface area (Å²) in [5.41, 5.74) is 2.71. The van der Waals surface area contributed by atoms with E-state index < -0.39 is 0 Å². The quantitative estimate of drug-likeness (QED) is 0.572. The lowest BCUT2D eigenvalue weighted by Gasteiger charge is -2.15. The van der Waals surface area contributed by atoms with Crippen molar-refractivity contribution in [1.29, 1.82) is 0 Å². The number of rotatable bonds is 2. The van der Waals surface area contributed by atoms with Gasteiger partial charge in [0, 0.05) is 5.41 Å². The number of hydrogen-bond acceptors (Lipinski definition) is 0. The second kappa shape index (κ2) is 4.97. The molecule has 0 heterocycles. The van der Waals surface area contributed by atoms with E-state index in [0.717, 1.165) is 0 Å². The van der Waals surface area contributed by atoms with E-state index in [0.29, 0.717) is 0 Å². The highest BCUT2D eigenvalue weighted by molar-refractivity contribution is 5.49. The van der Waals surface area contributed by atoms with Gasteiger partial charge in [0.15, 0.2) is 0 Å². The van der Waals surface area contributed by atoms with Gasteiger partial charge in [0.25, 0.3) is 0 Å². The van der Waals surface area contributed by atoms with E-state index in [1.165, 1.54) is 11.1 Å². The molecule has 0 aromatic carbocycles. The molecule has 80 valence electrons. The Morgan fingerprint density at radius 3 is 2.53 bits per heavy atom. The Kier molecular flexibility index (Phi) is 3.90. The Balaban J connectivity index is 3.09. The summed E-state index contributed by atoms with van der Waals surface area (Å²) in [6, 6.07) is 0. The third kappa shape index (κ3) is 3.39. The minimum atomic E-state index is 0.134. The van der Waals surface area contributed by atoms with Crippen molar-refractivity contribution in [2.24, 2.45) is 5.41 Å². The molecule has 15 heavy (non-hydrogen) atoms. The maximum absolute atomic E-state index is 2.31. The maximum atomic E-state index is 2.31.